The number of likely N-dealkylation sites (tertiary alicyclic amines) is 1. The van der Waals surface area contributed by atoms with Gasteiger partial charge < -0.3 is 9.42 Å². The van der Waals surface area contributed by atoms with Crippen LogP contribution in [-0.4, -0.2) is 49.0 Å². The first-order valence-electron chi connectivity index (χ1n) is 7.60. The molecule has 0 aliphatic carbocycles. The highest BCUT2D eigenvalue weighted by molar-refractivity contribution is 5.92. The first-order valence-corrected chi connectivity index (χ1v) is 7.60. The van der Waals surface area contributed by atoms with Crippen molar-refractivity contribution in [2.45, 2.75) is 12.3 Å². The van der Waals surface area contributed by atoms with E-state index in [0.29, 0.717) is 30.5 Å². The Morgan fingerprint density at radius 1 is 1.17 bits per heavy atom. The van der Waals surface area contributed by atoms with E-state index in [1.54, 1.807) is 23.5 Å². The van der Waals surface area contributed by atoms with E-state index in [1.165, 1.54) is 12.4 Å². The van der Waals surface area contributed by atoms with Gasteiger partial charge in [0.05, 0.1) is 12.1 Å². The Morgan fingerprint density at radius 3 is 2.83 bits per heavy atom. The van der Waals surface area contributed by atoms with Gasteiger partial charge in [-0.2, -0.15) is 4.98 Å². The molecule has 120 valence electrons. The summed E-state index contributed by atoms with van der Waals surface area (Å²) in [6.07, 6.45) is 8.68. The van der Waals surface area contributed by atoms with Gasteiger partial charge in [-0.3, -0.25) is 14.8 Å². The Bertz CT molecular complexity index is 836. The molecule has 1 fully saturated rings. The smallest absolute Gasteiger partial charge is 0.274 e. The van der Waals surface area contributed by atoms with Crippen LogP contribution in [0.3, 0.4) is 0 Å². The number of rotatable bonds is 3. The van der Waals surface area contributed by atoms with Crippen molar-refractivity contribution < 1.29 is 9.32 Å². The zero-order valence-electron chi connectivity index (χ0n) is 12.7. The van der Waals surface area contributed by atoms with E-state index in [1.807, 2.05) is 12.1 Å². The third-order valence-electron chi connectivity index (χ3n) is 3.99. The molecule has 4 rings (SSSR count). The summed E-state index contributed by atoms with van der Waals surface area (Å²) in [7, 11) is 0. The molecule has 1 atom stereocenters. The second-order valence-electron chi connectivity index (χ2n) is 5.52. The Labute approximate surface area is 137 Å². The van der Waals surface area contributed by atoms with Gasteiger partial charge in [0.25, 0.3) is 5.91 Å². The largest absolute Gasteiger partial charge is 0.339 e. The lowest BCUT2D eigenvalue weighted by Crippen LogP contribution is -2.29. The molecule has 0 radical (unpaired) electrons. The molecule has 0 aromatic carbocycles. The van der Waals surface area contributed by atoms with Crippen molar-refractivity contribution in [2.24, 2.45) is 0 Å². The molecule has 1 saturated heterocycles. The summed E-state index contributed by atoms with van der Waals surface area (Å²) in [6.45, 7) is 1.17. The second-order valence-corrected chi connectivity index (χ2v) is 5.52. The van der Waals surface area contributed by atoms with Gasteiger partial charge in [-0.15, -0.1) is 0 Å². The highest BCUT2D eigenvalue weighted by atomic mass is 16.5. The summed E-state index contributed by atoms with van der Waals surface area (Å²) in [6, 6.07) is 3.65. The van der Waals surface area contributed by atoms with Crippen molar-refractivity contribution in [3.63, 3.8) is 0 Å². The minimum absolute atomic E-state index is 0.0358. The van der Waals surface area contributed by atoms with Crippen molar-refractivity contribution in [1.29, 1.82) is 0 Å². The lowest BCUT2D eigenvalue weighted by molar-refractivity contribution is 0.0783. The minimum atomic E-state index is -0.125. The van der Waals surface area contributed by atoms with Gasteiger partial charge in [-0.1, -0.05) is 5.16 Å². The Balaban J connectivity index is 1.48. The van der Waals surface area contributed by atoms with Crippen molar-refractivity contribution in [3.8, 4) is 11.4 Å². The molecule has 0 saturated carbocycles. The summed E-state index contributed by atoms with van der Waals surface area (Å²) >= 11 is 0. The van der Waals surface area contributed by atoms with E-state index in [4.69, 9.17) is 4.52 Å². The van der Waals surface area contributed by atoms with Crippen LogP contribution in [0.15, 0.2) is 47.6 Å². The van der Waals surface area contributed by atoms with Gasteiger partial charge in [0.15, 0.2) is 0 Å². The highest BCUT2D eigenvalue weighted by Gasteiger charge is 2.32. The predicted octanol–water partition coefficient (Wildman–Crippen LogP) is 1.55. The molecular weight excluding hydrogens is 308 g/mol. The summed E-state index contributed by atoms with van der Waals surface area (Å²) in [4.78, 5) is 30.6. The summed E-state index contributed by atoms with van der Waals surface area (Å²) in [5.41, 5.74) is 1.20. The lowest BCUT2D eigenvalue weighted by atomic mass is 10.1. The first kappa shape index (κ1) is 14.4. The maximum atomic E-state index is 12.4. The zero-order chi connectivity index (χ0) is 16.4. The number of hydrogen-bond donors (Lipinski definition) is 0. The van der Waals surface area contributed by atoms with Gasteiger partial charge in [0.1, 0.15) is 5.69 Å². The van der Waals surface area contributed by atoms with E-state index in [-0.39, 0.29) is 11.8 Å². The van der Waals surface area contributed by atoms with Crippen LogP contribution in [0.25, 0.3) is 11.4 Å². The van der Waals surface area contributed by atoms with E-state index >= 15 is 0 Å². The Morgan fingerprint density at radius 2 is 2.04 bits per heavy atom. The van der Waals surface area contributed by atoms with Crippen molar-refractivity contribution in [2.75, 3.05) is 13.1 Å². The minimum Gasteiger partial charge on any atom is -0.339 e. The van der Waals surface area contributed by atoms with Gasteiger partial charge in [0, 0.05) is 43.4 Å². The molecule has 24 heavy (non-hydrogen) atoms. The summed E-state index contributed by atoms with van der Waals surface area (Å²) < 4.78 is 5.39. The standard InChI is InChI=1S/C16H14N6O2/c23-16(13-9-18-6-7-19-13)22-8-3-12(10-22)15-20-14(21-24-15)11-1-4-17-5-2-11/h1-2,4-7,9,12H,3,8,10H2. The van der Waals surface area contributed by atoms with E-state index in [2.05, 4.69) is 25.1 Å². The van der Waals surface area contributed by atoms with Crippen LogP contribution in [0.2, 0.25) is 0 Å². The van der Waals surface area contributed by atoms with Crippen LogP contribution >= 0.6 is 0 Å². The van der Waals surface area contributed by atoms with Crippen LogP contribution in [0.4, 0.5) is 0 Å². The molecule has 1 aliphatic heterocycles. The monoisotopic (exact) mass is 322 g/mol. The number of nitrogens with zero attached hydrogens (tertiary/aromatic N) is 6. The van der Waals surface area contributed by atoms with E-state index < -0.39 is 0 Å². The molecule has 1 aliphatic rings. The molecule has 0 bridgehead atoms. The molecule has 3 aromatic heterocycles. The molecule has 3 aromatic rings. The zero-order valence-corrected chi connectivity index (χ0v) is 12.7. The number of pyridine rings is 1. The average molecular weight is 322 g/mol. The molecule has 8 heteroatoms. The number of carbonyl (C=O) groups excluding carboxylic acids is 1. The van der Waals surface area contributed by atoms with Gasteiger partial charge >= 0.3 is 0 Å². The highest BCUT2D eigenvalue weighted by Crippen LogP contribution is 2.28. The maximum Gasteiger partial charge on any atom is 0.274 e. The van der Waals surface area contributed by atoms with Crippen LogP contribution in [-0.2, 0) is 0 Å². The fraction of sp³-hybridized carbons (Fsp3) is 0.250. The molecule has 0 N–H and O–H groups in total. The quantitative estimate of drug-likeness (QED) is 0.721. The lowest BCUT2D eigenvalue weighted by Gasteiger charge is -2.14. The Hall–Kier alpha value is -3.16. The SMILES string of the molecule is O=C(c1cnccn1)N1CCC(c2nc(-c3ccncc3)no2)C1. The second kappa shape index (κ2) is 6.15. The van der Waals surface area contributed by atoms with Crippen molar-refractivity contribution in [1.82, 2.24) is 30.0 Å². The topological polar surface area (TPSA) is 97.9 Å². The fourth-order valence-electron chi connectivity index (χ4n) is 2.74. The predicted molar refractivity (Wildman–Crippen MR) is 82.8 cm³/mol. The molecule has 0 spiro atoms. The maximum absolute atomic E-state index is 12.4. The van der Waals surface area contributed by atoms with Crippen LogP contribution in [0.1, 0.15) is 28.7 Å². The summed E-state index contributed by atoms with van der Waals surface area (Å²) in [5.74, 6) is 0.996. The third-order valence-corrected chi connectivity index (χ3v) is 3.99. The molecule has 4 heterocycles. The number of amides is 1. The number of hydrogen-bond acceptors (Lipinski definition) is 7. The van der Waals surface area contributed by atoms with E-state index in [9.17, 15) is 4.79 Å². The van der Waals surface area contributed by atoms with E-state index in [0.717, 1.165) is 12.0 Å². The van der Waals surface area contributed by atoms with Crippen LogP contribution in [0.5, 0.6) is 0 Å². The number of carbonyl (C=O) groups is 1. The average Bonchev–Trinajstić information content (AvgIpc) is 3.32. The third kappa shape index (κ3) is 2.73. The van der Waals surface area contributed by atoms with Gasteiger partial charge in [-0.05, 0) is 18.6 Å². The number of aromatic nitrogens is 5. The molecular formula is C16H14N6O2. The molecule has 1 unspecified atom stereocenters. The summed E-state index contributed by atoms with van der Waals surface area (Å²) in [5, 5.41) is 4.02. The van der Waals surface area contributed by atoms with Crippen molar-refractivity contribution >= 4 is 5.91 Å². The normalized spacial score (nSPS) is 17.2. The Kier molecular flexibility index (Phi) is 3.70. The van der Waals surface area contributed by atoms with Crippen LogP contribution < -0.4 is 0 Å². The fourth-order valence-corrected chi connectivity index (χ4v) is 2.74. The molecule has 8 nitrogen and oxygen atoms in total. The van der Waals surface area contributed by atoms with Crippen LogP contribution in [0, 0.1) is 0 Å². The van der Waals surface area contributed by atoms with Gasteiger partial charge in [-0.25, -0.2) is 4.98 Å². The van der Waals surface area contributed by atoms with Crippen molar-refractivity contribution in [3.05, 3.63) is 54.7 Å². The first-order chi connectivity index (χ1) is 11.8. The molecule has 1 amide bonds. The van der Waals surface area contributed by atoms with Gasteiger partial charge in [0.2, 0.25) is 11.7 Å².